The Kier molecular flexibility index (Phi) is 6.22. The molecule has 0 amide bonds. The Morgan fingerprint density at radius 2 is 1.62 bits per heavy atom. The molecule has 1 atom stereocenters. The molecule has 0 aliphatic carbocycles. The SMILES string of the molecule is CC[C@@H](NC(=S)NCCc1ccccc1)c1ccccc1. The topological polar surface area (TPSA) is 24.1 Å². The average molecular weight is 298 g/mol. The van der Waals surface area contributed by atoms with Crippen LogP contribution in [0.2, 0.25) is 0 Å². The molecule has 0 bridgehead atoms. The van der Waals surface area contributed by atoms with Gasteiger partial charge in [0.25, 0.3) is 0 Å². The van der Waals surface area contributed by atoms with Gasteiger partial charge in [-0.25, -0.2) is 0 Å². The van der Waals surface area contributed by atoms with Crippen molar-refractivity contribution in [2.75, 3.05) is 6.54 Å². The quantitative estimate of drug-likeness (QED) is 0.792. The number of thiocarbonyl (C=S) groups is 1. The second kappa shape index (κ2) is 8.42. The minimum Gasteiger partial charge on any atom is -0.362 e. The van der Waals surface area contributed by atoms with Gasteiger partial charge in [-0.1, -0.05) is 67.6 Å². The van der Waals surface area contributed by atoms with Gasteiger partial charge in [0, 0.05) is 6.54 Å². The van der Waals surface area contributed by atoms with Crippen LogP contribution in [0.5, 0.6) is 0 Å². The lowest BCUT2D eigenvalue weighted by atomic mass is 10.1. The van der Waals surface area contributed by atoms with Crippen LogP contribution in [-0.4, -0.2) is 11.7 Å². The summed E-state index contributed by atoms with van der Waals surface area (Å²) in [7, 11) is 0. The van der Waals surface area contributed by atoms with E-state index < -0.39 is 0 Å². The fourth-order valence-electron chi connectivity index (χ4n) is 2.28. The first-order valence-corrected chi connectivity index (χ1v) is 7.83. The van der Waals surface area contributed by atoms with Gasteiger partial charge in [0.1, 0.15) is 0 Å². The van der Waals surface area contributed by atoms with Gasteiger partial charge in [0.2, 0.25) is 0 Å². The van der Waals surface area contributed by atoms with Crippen LogP contribution < -0.4 is 10.6 Å². The molecule has 0 aliphatic heterocycles. The van der Waals surface area contributed by atoms with E-state index in [2.05, 4.69) is 66.1 Å². The predicted molar refractivity (Wildman–Crippen MR) is 93.4 cm³/mol. The molecular weight excluding hydrogens is 276 g/mol. The molecule has 2 aromatic rings. The summed E-state index contributed by atoms with van der Waals surface area (Å²) in [6.45, 7) is 3.01. The Labute approximate surface area is 132 Å². The van der Waals surface area contributed by atoms with Gasteiger partial charge in [0.05, 0.1) is 6.04 Å². The fourth-order valence-corrected chi connectivity index (χ4v) is 2.53. The first-order chi connectivity index (χ1) is 10.3. The largest absolute Gasteiger partial charge is 0.362 e. The van der Waals surface area contributed by atoms with Crippen molar-refractivity contribution >= 4 is 17.3 Å². The molecule has 0 aromatic heterocycles. The molecule has 3 heteroatoms. The Hall–Kier alpha value is -1.87. The summed E-state index contributed by atoms with van der Waals surface area (Å²) in [6.07, 6.45) is 1.98. The van der Waals surface area contributed by atoms with Gasteiger partial charge < -0.3 is 10.6 Å². The normalized spacial score (nSPS) is 11.7. The maximum Gasteiger partial charge on any atom is 0.166 e. The molecule has 2 aromatic carbocycles. The van der Waals surface area contributed by atoms with E-state index in [4.69, 9.17) is 12.2 Å². The monoisotopic (exact) mass is 298 g/mol. The van der Waals surface area contributed by atoms with Crippen molar-refractivity contribution in [1.82, 2.24) is 10.6 Å². The van der Waals surface area contributed by atoms with Crippen LogP contribution in [-0.2, 0) is 6.42 Å². The van der Waals surface area contributed by atoms with Gasteiger partial charge >= 0.3 is 0 Å². The average Bonchev–Trinajstić information content (AvgIpc) is 2.54. The number of hydrogen-bond acceptors (Lipinski definition) is 1. The molecule has 0 radical (unpaired) electrons. The first-order valence-electron chi connectivity index (χ1n) is 7.43. The first kappa shape index (κ1) is 15.5. The number of nitrogens with one attached hydrogen (secondary N) is 2. The molecule has 2 N–H and O–H groups in total. The third kappa shape index (κ3) is 5.20. The van der Waals surface area contributed by atoms with Crippen molar-refractivity contribution in [3.63, 3.8) is 0 Å². The van der Waals surface area contributed by atoms with E-state index in [0.717, 1.165) is 24.5 Å². The molecule has 2 rings (SSSR count). The highest BCUT2D eigenvalue weighted by atomic mass is 32.1. The maximum atomic E-state index is 5.39. The van der Waals surface area contributed by atoms with Gasteiger partial charge in [-0.15, -0.1) is 0 Å². The fraction of sp³-hybridized carbons (Fsp3) is 0.278. The molecule has 21 heavy (non-hydrogen) atoms. The maximum absolute atomic E-state index is 5.39. The van der Waals surface area contributed by atoms with Gasteiger partial charge in [0.15, 0.2) is 5.11 Å². The zero-order chi connectivity index (χ0) is 14.9. The van der Waals surface area contributed by atoms with E-state index in [9.17, 15) is 0 Å². The Morgan fingerprint density at radius 1 is 1.00 bits per heavy atom. The molecule has 0 heterocycles. The molecule has 0 spiro atoms. The Balaban J connectivity index is 1.78. The van der Waals surface area contributed by atoms with E-state index in [1.165, 1.54) is 11.1 Å². The van der Waals surface area contributed by atoms with Crippen molar-refractivity contribution in [2.45, 2.75) is 25.8 Å². The predicted octanol–water partition coefficient (Wildman–Crippen LogP) is 3.84. The lowest BCUT2D eigenvalue weighted by molar-refractivity contribution is 0.616. The van der Waals surface area contributed by atoms with Gasteiger partial charge in [-0.05, 0) is 36.2 Å². The summed E-state index contributed by atoms with van der Waals surface area (Å²) in [4.78, 5) is 0. The lowest BCUT2D eigenvalue weighted by Crippen LogP contribution is -2.38. The van der Waals surface area contributed by atoms with Crippen LogP contribution in [0.1, 0.15) is 30.5 Å². The molecule has 2 nitrogen and oxygen atoms in total. The molecule has 0 fully saturated rings. The Morgan fingerprint density at radius 3 is 2.24 bits per heavy atom. The third-order valence-electron chi connectivity index (χ3n) is 3.46. The molecule has 0 saturated carbocycles. The number of hydrogen-bond donors (Lipinski definition) is 2. The van der Waals surface area contributed by atoms with Crippen LogP contribution in [0.25, 0.3) is 0 Å². The highest BCUT2D eigenvalue weighted by Crippen LogP contribution is 2.15. The van der Waals surface area contributed by atoms with E-state index in [1.54, 1.807) is 0 Å². The summed E-state index contributed by atoms with van der Waals surface area (Å²) in [6, 6.07) is 21.1. The van der Waals surface area contributed by atoms with Crippen LogP contribution >= 0.6 is 12.2 Å². The molecule has 0 saturated heterocycles. The van der Waals surface area contributed by atoms with Crippen LogP contribution in [0.15, 0.2) is 60.7 Å². The Bertz CT molecular complexity index is 540. The standard InChI is InChI=1S/C18H22N2S/c1-2-17(16-11-7-4-8-12-16)20-18(21)19-14-13-15-9-5-3-6-10-15/h3-12,17H,2,13-14H2,1H3,(H2,19,20,21)/t17-/m1/s1. The van der Waals surface area contributed by atoms with Crippen molar-refractivity contribution in [3.8, 4) is 0 Å². The zero-order valence-corrected chi connectivity index (χ0v) is 13.2. The van der Waals surface area contributed by atoms with Crippen LogP contribution in [0, 0.1) is 0 Å². The highest BCUT2D eigenvalue weighted by molar-refractivity contribution is 7.80. The van der Waals surface area contributed by atoms with Crippen LogP contribution in [0.3, 0.4) is 0 Å². The minimum absolute atomic E-state index is 0.267. The highest BCUT2D eigenvalue weighted by Gasteiger charge is 2.09. The van der Waals surface area contributed by atoms with Crippen molar-refractivity contribution in [2.24, 2.45) is 0 Å². The second-order valence-electron chi connectivity index (χ2n) is 5.01. The summed E-state index contributed by atoms with van der Waals surface area (Å²) < 4.78 is 0. The third-order valence-corrected chi connectivity index (χ3v) is 3.72. The van der Waals surface area contributed by atoms with E-state index in [0.29, 0.717) is 0 Å². The van der Waals surface area contributed by atoms with Gasteiger partial charge in [-0.2, -0.15) is 0 Å². The van der Waals surface area contributed by atoms with E-state index in [1.807, 2.05) is 12.1 Å². The summed E-state index contributed by atoms with van der Waals surface area (Å²) in [5.74, 6) is 0. The molecule has 0 aliphatic rings. The molecule has 0 unspecified atom stereocenters. The van der Waals surface area contributed by atoms with Crippen molar-refractivity contribution < 1.29 is 0 Å². The van der Waals surface area contributed by atoms with Gasteiger partial charge in [-0.3, -0.25) is 0 Å². The van der Waals surface area contributed by atoms with E-state index >= 15 is 0 Å². The van der Waals surface area contributed by atoms with Crippen LogP contribution in [0.4, 0.5) is 0 Å². The zero-order valence-electron chi connectivity index (χ0n) is 12.4. The minimum atomic E-state index is 0.267. The molecule has 110 valence electrons. The number of benzene rings is 2. The molecular formula is C18H22N2S. The van der Waals surface area contributed by atoms with E-state index in [-0.39, 0.29) is 6.04 Å². The summed E-state index contributed by atoms with van der Waals surface area (Å²) >= 11 is 5.39. The summed E-state index contributed by atoms with van der Waals surface area (Å²) in [5, 5.41) is 7.40. The number of rotatable bonds is 6. The lowest BCUT2D eigenvalue weighted by Gasteiger charge is -2.20. The van der Waals surface area contributed by atoms with Crippen molar-refractivity contribution in [3.05, 3.63) is 71.8 Å². The smallest absolute Gasteiger partial charge is 0.166 e. The summed E-state index contributed by atoms with van der Waals surface area (Å²) in [5.41, 5.74) is 2.59. The second-order valence-corrected chi connectivity index (χ2v) is 5.42. The van der Waals surface area contributed by atoms with Crippen molar-refractivity contribution in [1.29, 1.82) is 0 Å².